The Morgan fingerprint density at radius 1 is 1.11 bits per heavy atom. The molecule has 0 aliphatic heterocycles. The monoisotopic (exact) mass is 264 g/mol. The van der Waals surface area contributed by atoms with Crippen LogP contribution in [0, 0.1) is 19.8 Å². The van der Waals surface area contributed by atoms with E-state index < -0.39 is 0 Å². The molecule has 108 valence electrons. The highest BCUT2D eigenvalue weighted by atomic mass is 16.5. The molecule has 4 N–H and O–H groups in total. The second-order valence-electron chi connectivity index (χ2n) is 5.20. The van der Waals surface area contributed by atoms with Crippen LogP contribution in [0.2, 0.25) is 0 Å². The Hall–Kier alpha value is -1.06. The third-order valence-electron chi connectivity index (χ3n) is 3.80. The lowest BCUT2D eigenvalue weighted by Crippen LogP contribution is -2.23. The van der Waals surface area contributed by atoms with E-state index in [-0.39, 0.29) is 0 Å². The maximum atomic E-state index is 5.75. The summed E-state index contributed by atoms with van der Waals surface area (Å²) in [6.45, 7) is 8.55. The van der Waals surface area contributed by atoms with Crippen LogP contribution in [-0.2, 0) is 6.42 Å². The molecule has 0 unspecified atom stereocenters. The van der Waals surface area contributed by atoms with Gasteiger partial charge in [-0.15, -0.1) is 0 Å². The van der Waals surface area contributed by atoms with Crippen LogP contribution in [0.5, 0.6) is 5.75 Å². The second kappa shape index (κ2) is 8.18. The van der Waals surface area contributed by atoms with Crippen LogP contribution >= 0.6 is 0 Å². The predicted molar refractivity (Wildman–Crippen MR) is 81.6 cm³/mol. The Kier molecular flexibility index (Phi) is 6.89. The summed E-state index contributed by atoms with van der Waals surface area (Å²) < 4.78 is 5.75. The van der Waals surface area contributed by atoms with E-state index in [1.54, 1.807) is 0 Å². The Labute approximate surface area is 117 Å². The molecule has 0 bridgehead atoms. The summed E-state index contributed by atoms with van der Waals surface area (Å²) in [4.78, 5) is 0. The highest BCUT2D eigenvalue weighted by Crippen LogP contribution is 2.25. The van der Waals surface area contributed by atoms with E-state index in [0.29, 0.717) is 19.0 Å². The molecule has 1 aromatic rings. The van der Waals surface area contributed by atoms with Crippen molar-refractivity contribution in [2.45, 2.75) is 40.0 Å². The van der Waals surface area contributed by atoms with Gasteiger partial charge < -0.3 is 16.2 Å². The fourth-order valence-corrected chi connectivity index (χ4v) is 2.18. The maximum Gasteiger partial charge on any atom is 0.122 e. The van der Waals surface area contributed by atoms with E-state index in [1.165, 1.54) is 16.7 Å². The van der Waals surface area contributed by atoms with E-state index in [0.717, 1.165) is 31.6 Å². The minimum atomic E-state index is 0.427. The molecule has 3 nitrogen and oxygen atoms in total. The van der Waals surface area contributed by atoms with Crippen molar-refractivity contribution in [3.63, 3.8) is 0 Å². The number of hydrogen-bond acceptors (Lipinski definition) is 3. The van der Waals surface area contributed by atoms with Gasteiger partial charge in [0, 0.05) is 0 Å². The Morgan fingerprint density at radius 3 is 2.37 bits per heavy atom. The molecule has 1 aromatic carbocycles. The summed E-state index contributed by atoms with van der Waals surface area (Å²) in [7, 11) is 0. The lowest BCUT2D eigenvalue weighted by molar-refractivity contribution is 0.315. The van der Waals surface area contributed by atoms with Gasteiger partial charge in [-0.05, 0) is 74.9 Å². The molecular formula is C16H28N2O. The summed E-state index contributed by atoms with van der Waals surface area (Å²) in [6, 6.07) is 4.27. The van der Waals surface area contributed by atoms with Gasteiger partial charge in [0.15, 0.2) is 0 Å². The predicted octanol–water partition coefficient (Wildman–Crippen LogP) is 2.56. The first-order valence-corrected chi connectivity index (χ1v) is 7.26. The maximum absolute atomic E-state index is 5.75. The lowest BCUT2D eigenvalue weighted by Gasteiger charge is -2.16. The van der Waals surface area contributed by atoms with Crippen molar-refractivity contribution >= 4 is 0 Å². The largest absolute Gasteiger partial charge is 0.493 e. The third-order valence-corrected chi connectivity index (χ3v) is 3.80. The zero-order chi connectivity index (χ0) is 14.3. The number of hydrogen-bond donors (Lipinski definition) is 2. The molecule has 19 heavy (non-hydrogen) atoms. The van der Waals surface area contributed by atoms with Crippen LogP contribution in [0.1, 0.15) is 36.5 Å². The molecular weight excluding hydrogens is 236 g/mol. The number of nitrogens with two attached hydrogens (primary N) is 2. The number of benzene rings is 1. The van der Waals surface area contributed by atoms with Crippen molar-refractivity contribution in [3.8, 4) is 5.75 Å². The number of ether oxygens (including phenoxy) is 1. The van der Waals surface area contributed by atoms with Gasteiger partial charge >= 0.3 is 0 Å². The highest BCUT2D eigenvalue weighted by molar-refractivity contribution is 5.43. The van der Waals surface area contributed by atoms with E-state index in [9.17, 15) is 0 Å². The van der Waals surface area contributed by atoms with Gasteiger partial charge in [0.25, 0.3) is 0 Å². The lowest BCUT2D eigenvalue weighted by atomic mass is 9.94. The van der Waals surface area contributed by atoms with Crippen molar-refractivity contribution in [1.29, 1.82) is 0 Å². The van der Waals surface area contributed by atoms with Gasteiger partial charge in [0.1, 0.15) is 5.75 Å². The van der Waals surface area contributed by atoms with Crippen molar-refractivity contribution < 1.29 is 4.74 Å². The SMILES string of the molecule is CCCOc1ccc(CCC(CN)CN)c(C)c1C. The molecule has 0 fully saturated rings. The second-order valence-corrected chi connectivity index (χ2v) is 5.20. The van der Waals surface area contributed by atoms with Gasteiger partial charge in [-0.25, -0.2) is 0 Å². The first-order chi connectivity index (χ1) is 9.13. The summed E-state index contributed by atoms with van der Waals surface area (Å²) >= 11 is 0. The molecule has 3 heteroatoms. The van der Waals surface area contributed by atoms with Gasteiger partial charge in [-0.3, -0.25) is 0 Å². The van der Waals surface area contributed by atoms with Crippen molar-refractivity contribution in [3.05, 3.63) is 28.8 Å². The first-order valence-electron chi connectivity index (χ1n) is 7.26. The molecule has 0 aliphatic carbocycles. The number of rotatable bonds is 8. The zero-order valence-electron chi connectivity index (χ0n) is 12.5. The average molecular weight is 264 g/mol. The molecule has 1 rings (SSSR count). The Balaban J connectivity index is 2.73. The quantitative estimate of drug-likeness (QED) is 0.758. The minimum absolute atomic E-state index is 0.427. The number of aryl methyl sites for hydroxylation is 1. The van der Waals surface area contributed by atoms with Crippen LogP contribution in [0.3, 0.4) is 0 Å². The molecule has 0 saturated carbocycles. The van der Waals surface area contributed by atoms with Crippen LogP contribution in [0.15, 0.2) is 12.1 Å². The van der Waals surface area contributed by atoms with Gasteiger partial charge in [-0.2, -0.15) is 0 Å². The fourth-order valence-electron chi connectivity index (χ4n) is 2.18. The minimum Gasteiger partial charge on any atom is -0.493 e. The molecule has 0 atom stereocenters. The average Bonchev–Trinajstić information content (AvgIpc) is 2.43. The van der Waals surface area contributed by atoms with Crippen LogP contribution in [-0.4, -0.2) is 19.7 Å². The van der Waals surface area contributed by atoms with E-state index in [4.69, 9.17) is 16.2 Å². The molecule has 0 aliphatic rings. The van der Waals surface area contributed by atoms with Gasteiger partial charge in [-0.1, -0.05) is 13.0 Å². The topological polar surface area (TPSA) is 61.3 Å². The molecule has 0 heterocycles. The highest BCUT2D eigenvalue weighted by Gasteiger charge is 2.10. The summed E-state index contributed by atoms with van der Waals surface area (Å²) in [6.07, 6.45) is 3.14. The summed E-state index contributed by atoms with van der Waals surface area (Å²) in [5.41, 5.74) is 15.4. The molecule has 0 radical (unpaired) electrons. The van der Waals surface area contributed by atoms with E-state index in [1.807, 2.05) is 0 Å². The van der Waals surface area contributed by atoms with Crippen LogP contribution in [0.25, 0.3) is 0 Å². The normalized spacial score (nSPS) is 11.1. The van der Waals surface area contributed by atoms with Crippen molar-refractivity contribution in [2.75, 3.05) is 19.7 Å². The smallest absolute Gasteiger partial charge is 0.122 e. The van der Waals surface area contributed by atoms with Crippen LogP contribution in [0.4, 0.5) is 0 Å². The zero-order valence-corrected chi connectivity index (χ0v) is 12.5. The molecule has 0 amide bonds. The molecule has 0 spiro atoms. The van der Waals surface area contributed by atoms with Crippen molar-refractivity contribution in [1.82, 2.24) is 0 Å². The molecule has 0 saturated heterocycles. The fraction of sp³-hybridized carbons (Fsp3) is 0.625. The summed E-state index contributed by atoms with van der Waals surface area (Å²) in [5, 5.41) is 0. The van der Waals surface area contributed by atoms with Gasteiger partial charge in [0.05, 0.1) is 6.61 Å². The Bertz CT molecular complexity index is 387. The summed E-state index contributed by atoms with van der Waals surface area (Å²) in [5.74, 6) is 1.44. The van der Waals surface area contributed by atoms with Crippen LogP contribution < -0.4 is 16.2 Å². The van der Waals surface area contributed by atoms with E-state index in [2.05, 4.69) is 32.9 Å². The molecule has 0 aromatic heterocycles. The third kappa shape index (κ3) is 4.51. The van der Waals surface area contributed by atoms with Gasteiger partial charge in [0.2, 0.25) is 0 Å². The standard InChI is InChI=1S/C16H28N2O/c1-4-9-19-16-8-7-15(12(2)13(16)3)6-5-14(10-17)11-18/h7-8,14H,4-6,9-11,17-18H2,1-3H3. The van der Waals surface area contributed by atoms with E-state index >= 15 is 0 Å². The Morgan fingerprint density at radius 2 is 1.79 bits per heavy atom. The first kappa shape index (κ1) is 16.0. The van der Waals surface area contributed by atoms with Crippen molar-refractivity contribution in [2.24, 2.45) is 17.4 Å².